The van der Waals surface area contributed by atoms with Crippen LogP contribution in [0.4, 0.5) is 24.5 Å². The number of alkyl halides is 3. The maximum absolute atomic E-state index is 12.5. The number of benzene rings is 1. The van der Waals surface area contributed by atoms with Crippen molar-refractivity contribution >= 4 is 17.3 Å². The third kappa shape index (κ3) is 2.74. The number of primary amides is 1. The van der Waals surface area contributed by atoms with Crippen molar-refractivity contribution in [1.29, 1.82) is 0 Å². The number of carbonyl (C=O) groups is 1. The van der Waals surface area contributed by atoms with Crippen molar-refractivity contribution in [3.8, 4) is 0 Å². The molecule has 0 aromatic heterocycles. The summed E-state index contributed by atoms with van der Waals surface area (Å²) in [6.07, 6.45) is -3.82. The van der Waals surface area contributed by atoms with Gasteiger partial charge in [0.05, 0.1) is 22.9 Å². The predicted molar refractivity (Wildman–Crippen MR) is 65.4 cm³/mol. The molecule has 0 bridgehead atoms. The van der Waals surface area contributed by atoms with Gasteiger partial charge in [-0.25, -0.2) is 0 Å². The Labute approximate surface area is 108 Å². The lowest BCUT2D eigenvalue weighted by Gasteiger charge is -2.21. The fourth-order valence-electron chi connectivity index (χ4n) is 2.23. The summed E-state index contributed by atoms with van der Waals surface area (Å²) in [6.45, 7) is 0.952. The average molecular weight is 273 g/mol. The van der Waals surface area contributed by atoms with Crippen molar-refractivity contribution in [3.63, 3.8) is 0 Å². The zero-order valence-corrected chi connectivity index (χ0v) is 10.1. The van der Waals surface area contributed by atoms with Crippen LogP contribution in [0.2, 0.25) is 0 Å². The Morgan fingerprint density at radius 3 is 2.53 bits per heavy atom. The minimum absolute atomic E-state index is 0.0555. The number of rotatable bonds is 2. The minimum Gasteiger partial charge on any atom is -0.397 e. The summed E-state index contributed by atoms with van der Waals surface area (Å²) in [5.74, 6) is -0.672. The van der Waals surface area contributed by atoms with Crippen LogP contribution in [0.5, 0.6) is 0 Å². The van der Waals surface area contributed by atoms with Gasteiger partial charge in [-0.15, -0.1) is 0 Å². The number of hydrogen-bond acceptors (Lipinski definition) is 3. The molecule has 0 radical (unpaired) electrons. The Hall–Kier alpha value is -1.92. The van der Waals surface area contributed by atoms with Gasteiger partial charge in [0.25, 0.3) is 0 Å². The monoisotopic (exact) mass is 273 g/mol. The zero-order chi connectivity index (χ0) is 14.2. The Balaban J connectivity index is 2.21. The van der Waals surface area contributed by atoms with E-state index in [1.807, 2.05) is 0 Å². The van der Waals surface area contributed by atoms with Crippen molar-refractivity contribution in [1.82, 2.24) is 0 Å². The van der Waals surface area contributed by atoms with Crippen LogP contribution in [0, 0.1) is 5.92 Å². The molecule has 4 N–H and O–H groups in total. The number of halogens is 3. The fourth-order valence-corrected chi connectivity index (χ4v) is 2.23. The molecule has 1 aromatic carbocycles. The molecule has 0 saturated carbocycles. The highest BCUT2D eigenvalue weighted by Gasteiger charge is 2.32. The normalized spacial score (nSPS) is 19.7. The molecule has 4 nitrogen and oxygen atoms in total. The number of nitrogen functional groups attached to an aromatic ring is 1. The first-order chi connectivity index (χ1) is 8.79. The van der Waals surface area contributed by atoms with Crippen LogP contribution in [0.25, 0.3) is 0 Å². The summed E-state index contributed by atoms with van der Waals surface area (Å²) >= 11 is 0. The summed E-state index contributed by atoms with van der Waals surface area (Å²) in [6, 6.07) is 3.23. The summed E-state index contributed by atoms with van der Waals surface area (Å²) in [5, 5.41) is 0. The highest BCUT2D eigenvalue weighted by Crippen LogP contribution is 2.35. The van der Waals surface area contributed by atoms with E-state index < -0.39 is 17.6 Å². The van der Waals surface area contributed by atoms with Crippen LogP contribution in [0.3, 0.4) is 0 Å². The van der Waals surface area contributed by atoms with Crippen LogP contribution in [0.1, 0.15) is 12.0 Å². The van der Waals surface area contributed by atoms with Crippen LogP contribution in [-0.2, 0) is 11.0 Å². The lowest BCUT2D eigenvalue weighted by molar-refractivity contribution is -0.137. The second kappa shape index (κ2) is 4.64. The van der Waals surface area contributed by atoms with E-state index in [4.69, 9.17) is 11.5 Å². The SMILES string of the molecule is NC(=O)C1CCN(c2ccc(C(F)(F)F)cc2N)C1. The molecule has 19 heavy (non-hydrogen) atoms. The van der Waals surface area contributed by atoms with E-state index >= 15 is 0 Å². The third-order valence-corrected chi connectivity index (χ3v) is 3.29. The molecule has 0 spiro atoms. The first kappa shape index (κ1) is 13.5. The summed E-state index contributed by atoms with van der Waals surface area (Å²) < 4.78 is 37.5. The second-order valence-electron chi connectivity index (χ2n) is 4.61. The first-order valence-corrected chi connectivity index (χ1v) is 5.80. The Morgan fingerprint density at radius 2 is 2.05 bits per heavy atom. The maximum Gasteiger partial charge on any atom is 0.416 e. The van der Waals surface area contributed by atoms with Gasteiger partial charge in [0, 0.05) is 13.1 Å². The number of hydrogen-bond donors (Lipinski definition) is 2. The molecule has 1 unspecified atom stereocenters. The molecule has 104 valence electrons. The van der Waals surface area contributed by atoms with E-state index in [0.29, 0.717) is 25.2 Å². The molecule has 0 aliphatic carbocycles. The van der Waals surface area contributed by atoms with Crippen LogP contribution in [-0.4, -0.2) is 19.0 Å². The number of nitrogens with two attached hydrogens (primary N) is 2. The van der Waals surface area contributed by atoms with E-state index in [0.717, 1.165) is 12.1 Å². The lowest BCUT2D eigenvalue weighted by atomic mass is 10.1. The smallest absolute Gasteiger partial charge is 0.397 e. The van der Waals surface area contributed by atoms with E-state index in [1.54, 1.807) is 4.90 Å². The molecular formula is C12H14F3N3O. The van der Waals surface area contributed by atoms with Gasteiger partial charge < -0.3 is 16.4 Å². The van der Waals surface area contributed by atoms with E-state index in [9.17, 15) is 18.0 Å². The highest BCUT2D eigenvalue weighted by atomic mass is 19.4. The highest BCUT2D eigenvalue weighted by molar-refractivity contribution is 5.79. The van der Waals surface area contributed by atoms with Gasteiger partial charge in [0.15, 0.2) is 0 Å². The molecule has 1 heterocycles. The number of anilines is 2. The Bertz CT molecular complexity index is 501. The molecule has 1 aliphatic heterocycles. The van der Waals surface area contributed by atoms with Gasteiger partial charge in [-0.3, -0.25) is 4.79 Å². The zero-order valence-electron chi connectivity index (χ0n) is 10.1. The van der Waals surface area contributed by atoms with E-state index in [1.165, 1.54) is 6.07 Å². The molecule has 1 aliphatic rings. The molecule has 1 atom stereocenters. The van der Waals surface area contributed by atoms with Gasteiger partial charge in [-0.1, -0.05) is 0 Å². The standard InChI is InChI=1S/C12H14F3N3O/c13-12(14,15)8-1-2-10(9(16)5-8)18-4-3-7(6-18)11(17)19/h1-2,5,7H,3-4,6,16H2,(H2,17,19). The summed E-state index contributed by atoms with van der Waals surface area (Å²) in [4.78, 5) is 12.8. The van der Waals surface area contributed by atoms with Crippen molar-refractivity contribution in [2.45, 2.75) is 12.6 Å². The molecule has 1 fully saturated rings. The van der Waals surface area contributed by atoms with Gasteiger partial charge >= 0.3 is 6.18 Å². The quantitative estimate of drug-likeness (QED) is 0.804. The van der Waals surface area contributed by atoms with Crippen molar-refractivity contribution in [3.05, 3.63) is 23.8 Å². The van der Waals surface area contributed by atoms with Crippen LogP contribution >= 0.6 is 0 Å². The third-order valence-electron chi connectivity index (χ3n) is 3.29. The Kier molecular flexibility index (Phi) is 3.30. The number of carbonyl (C=O) groups excluding carboxylic acids is 1. The molecule has 2 rings (SSSR count). The maximum atomic E-state index is 12.5. The van der Waals surface area contributed by atoms with Gasteiger partial charge in [-0.2, -0.15) is 13.2 Å². The minimum atomic E-state index is -4.41. The number of amides is 1. The van der Waals surface area contributed by atoms with Crippen molar-refractivity contribution in [2.24, 2.45) is 11.7 Å². The van der Waals surface area contributed by atoms with Crippen LogP contribution < -0.4 is 16.4 Å². The van der Waals surface area contributed by atoms with E-state index in [-0.39, 0.29) is 11.6 Å². The molecule has 7 heteroatoms. The van der Waals surface area contributed by atoms with Crippen molar-refractivity contribution in [2.75, 3.05) is 23.7 Å². The molecule has 1 aromatic rings. The van der Waals surface area contributed by atoms with Crippen LogP contribution in [0.15, 0.2) is 18.2 Å². The number of nitrogens with zero attached hydrogens (tertiary/aromatic N) is 1. The molecular weight excluding hydrogens is 259 g/mol. The molecule has 1 amide bonds. The average Bonchev–Trinajstić information content (AvgIpc) is 2.76. The fraction of sp³-hybridized carbons (Fsp3) is 0.417. The van der Waals surface area contributed by atoms with E-state index in [2.05, 4.69) is 0 Å². The van der Waals surface area contributed by atoms with Crippen molar-refractivity contribution < 1.29 is 18.0 Å². The van der Waals surface area contributed by atoms with Gasteiger partial charge in [0.1, 0.15) is 0 Å². The molecule has 1 saturated heterocycles. The largest absolute Gasteiger partial charge is 0.416 e. The topological polar surface area (TPSA) is 72.4 Å². The Morgan fingerprint density at radius 1 is 1.37 bits per heavy atom. The lowest BCUT2D eigenvalue weighted by Crippen LogP contribution is -2.27. The second-order valence-corrected chi connectivity index (χ2v) is 4.61. The van der Waals surface area contributed by atoms with Gasteiger partial charge in [-0.05, 0) is 24.6 Å². The predicted octanol–water partition coefficient (Wildman–Crippen LogP) is 1.60. The summed E-state index contributed by atoms with van der Waals surface area (Å²) in [5.41, 5.74) is 10.7. The van der Waals surface area contributed by atoms with Gasteiger partial charge in [0.2, 0.25) is 5.91 Å². The first-order valence-electron chi connectivity index (χ1n) is 5.80. The summed E-state index contributed by atoms with van der Waals surface area (Å²) in [7, 11) is 0.